The molecule has 0 atom stereocenters. The first-order valence-corrected chi connectivity index (χ1v) is 4.32. The number of H-pyrrole nitrogens is 1. The van der Waals surface area contributed by atoms with Crippen LogP contribution in [0.25, 0.3) is 11.0 Å². The molecule has 4 nitrogen and oxygen atoms in total. The van der Waals surface area contributed by atoms with Gasteiger partial charge in [0.15, 0.2) is 0 Å². The average Bonchev–Trinajstić information content (AvgIpc) is 2.65. The minimum absolute atomic E-state index is 0.792. The Balaban J connectivity index is 2.42. The molecule has 0 saturated carbocycles. The summed E-state index contributed by atoms with van der Waals surface area (Å²) in [5.74, 6) is 0.956. The molecule has 0 radical (unpaired) electrons. The van der Waals surface area contributed by atoms with Gasteiger partial charge in [0.2, 0.25) is 0 Å². The zero-order chi connectivity index (χ0) is 8.84. The van der Waals surface area contributed by atoms with E-state index in [2.05, 4.69) is 26.7 Å². The lowest BCUT2D eigenvalue weighted by Crippen LogP contribution is -1.99. The number of rotatable bonds is 0. The van der Waals surface area contributed by atoms with Crippen molar-refractivity contribution >= 4 is 22.4 Å². The van der Waals surface area contributed by atoms with Gasteiger partial charge in [-0.2, -0.15) is 0 Å². The van der Waals surface area contributed by atoms with Crippen LogP contribution in [0.4, 0.5) is 11.4 Å². The first-order valence-electron chi connectivity index (χ1n) is 4.32. The van der Waals surface area contributed by atoms with Crippen LogP contribution in [0.2, 0.25) is 0 Å². The number of nitrogens with zero attached hydrogens (tertiary/aromatic N) is 1. The summed E-state index contributed by atoms with van der Waals surface area (Å²) >= 11 is 0. The van der Waals surface area contributed by atoms with Gasteiger partial charge in [-0.3, -0.25) is 0 Å². The van der Waals surface area contributed by atoms with Gasteiger partial charge in [0.1, 0.15) is 11.3 Å². The fourth-order valence-corrected chi connectivity index (χ4v) is 1.75. The Kier molecular flexibility index (Phi) is 1.12. The van der Waals surface area contributed by atoms with Crippen molar-refractivity contribution in [3.05, 3.63) is 18.0 Å². The lowest BCUT2D eigenvalue weighted by molar-refractivity contribution is 1.17. The zero-order valence-electron chi connectivity index (χ0n) is 7.31. The monoisotopic (exact) mass is 174 g/mol. The van der Waals surface area contributed by atoms with Gasteiger partial charge in [0.05, 0.1) is 23.6 Å². The van der Waals surface area contributed by atoms with Gasteiger partial charge in [-0.1, -0.05) is 0 Å². The summed E-state index contributed by atoms with van der Waals surface area (Å²) in [5, 5.41) is 6.50. The number of hydrogen-bond donors (Lipinski definition) is 3. The van der Waals surface area contributed by atoms with E-state index in [4.69, 9.17) is 0 Å². The molecule has 13 heavy (non-hydrogen) atoms. The maximum absolute atomic E-state index is 4.43. The summed E-state index contributed by atoms with van der Waals surface area (Å²) in [4.78, 5) is 7.64. The fourth-order valence-electron chi connectivity index (χ4n) is 1.75. The van der Waals surface area contributed by atoms with Crippen molar-refractivity contribution in [3.63, 3.8) is 0 Å². The summed E-state index contributed by atoms with van der Waals surface area (Å²) < 4.78 is 0. The van der Waals surface area contributed by atoms with Gasteiger partial charge in [0.25, 0.3) is 0 Å². The molecule has 4 heteroatoms. The molecular formula is C9H10N4. The smallest absolute Gasteiger partial charge is 0.114 e. The van der Waals surface area contributed by atoms with Crippen LogP contribution in [0, 0.1) is 6.92 Å². The van der Waals surface area contributed by atoms with Crippen LogP contribution < -0.4 is 10.6 Å². The molecule has 2 aromatic rings. The SMILES string of the molecule is Cc1nc2c3c(ccc2[nH]1)NCN3. The normalized spacial score (nSPS) is 13.9. The van der Waals surface area contributed by atoms with Crippen molar-refractivity contribution in [2.24, 2.45) is 0 Å². The van der Waals surface area contributed by atoms with E-state index < -0.39 is 0 Å². The second-order valence-electron chi connectivity index (χ2n) is 3.24. The van der Waals surface area contributed by atoms with Crippen LogP contribution >= 0.6 is 0 Å². The van der Waals surface area contributed by atoms with Crippen LogP contribution in [-0.2, 0) is 0 Å². The molecule has 0 unspecified atom stereocenters. The third kappa shape index (κ3) is 0.824. The van der Waals surface area contributed by atoms with E-state index in [0.717, 1.165) is 34.9 Å². The molecule has 1 aromatic carbocycles. The van der Waals surface area contributed by atoms with E-state index in [-0.39, 0.29) is 0 Å². The lowest BCUT2D eigenvalue weighted by Gasteiger charge is -1.97. The Bertz CT molecular complexity index is 472. The number of anilines is 2. The second kappa shape index (κ2) is 2.16. The standard InChI is InChI=1S/C9H10N4/c1-5-12-7-3-2-6-8(9(7)13-5)11-4-10-6/h2-3,10-11H,4H2,1H3,(H,12,13). The summed E-state index contributed by atoms with van der Waals surface area (Å²) in [6, 6.07) is 4.11. The lowest BCUT2D eigenvalue weighted by atomic mass is 10.2. The van der Waals surface area contributed by atoms with Gasteiger partial charge in [0, 0.05) is 0 Å². The first kappa shape index (κ1) is 6.77. The second-order valence-corrected chi connectivity index (χ2v) is 3.24. The highest BCUT2D eigenvalue weighted by atomic mass is 15.1. The Morgan fingerprint density at radius 1 is 1.31 bits per heavy atom. The van der Waals surface area contributed by atoms with Gasteiger partial charge in [-0.15, -0.1) is 0 Å². The van der Waals surface area contributed by atoms with Gasteiger partial charge in [-0.25, -0.2) is 4.98 Å². The zero-order valence-corrected chi connectivity index (χ0v) is 7.31. The highest BCUT2D eigenvalue weighted by molar-refractivity contribution is 5.97. The number of aromatic amines is 1. The third-order valence-electron chi connectivity index (χ3n) is 2.32. The first-order chi connectivity index (χ1) is 6.34. The van der Waals surface area contributed by atoms with Crippen molar-refractivity contribution in [2.75, 3.05) is 17.3 Å². The van der Waals surface area contributed by atoms with E-state index in [1.54, 1.807) is 0 Å². The summed E-state index contributed by atoms with van der Waals surface area (Å²) in [6.07, 6.45) is 0. The van der Waals surface area contributed by atoms with Crippen molar-refractivity contribution in [1.29, 1.82) is 0 Å². The Morgan fingerprint density at radius 3 is 3.15 bits per heavy atom. The molecule has 1 aliphatic heterocycles. The van der Waals surface area contributed by atoms with Crippen LogP contribution in [0.3, 0.4) is 0 Å². The number of aromatic nitrogens is 2. The molecule has 0 amide bonds. The molecule has 0 bridgehead atoms. The van der Waals surface area contributed by atoms with Crippen LogP contribution in [0.1, 0.15) is 5.82 Å². The number of aryl methyl sites for hydroxylation is 1. The topological polar surface area (TPSA) is 52.7 Å². The van der Waals surface area contributed by atoms with Crippen LogP contribution in [0.15, 0.2) is 12.1 Å². The van der Waals surface area contributed by atoms with Crippen LogP contribution in [-0.4, -0.2) is 16.6 Å². The number of fused-ring (bicyclic) bond motifs is 3. The molecule has 2 heterocycles. The van der Waals surface area contributed by atoms with E-state index in [9.17, 15) is 0 Å². The highest BCUT2D eigenvalue weighted by Gasteiger charge is 2.14. The predicted molar refractivity (Wildman–Crippen MR) is 52.9 cm³/mol. The largest absolute Gasteiger partial charge is 0.366 e. The molecule has 3 N–H and O–H groups in total. The predicted octanol–water partition coefficient (Wildman–Crippen LogP) is 1.67. The van der Waals surface area contributed by atoms with Crippen molar-refractivity contribution < 1.29 is 0 Å². The number of nitrogens with one attached hydrogen (secondary N) is 3. The highest BCUT2D eigenvalue weighted by Crippen LogP contribution is 2.32. The Morgan fingerprint density at radius 2 is 2.23 bits per heavy atom. The average molecular weight is 174 g/mol. The van der Waals surface area contributed by atoms with Crippen molar-refractivity contribution in [1.82, 2.24) is 9.97 Å². The fraction of sp³-hybridized carbons (Fsp3) is 0.222. The summed E-state index contributed by atoms with van der Waals surface area (Å²) in [6.45, 7) is 2.76. The van der Waals surface area contributed by atoms with E-state index in [0.29, 0.717) is 0 Å². The quantitative estimate of drug-likeness (QED) is 0.569. The molecule has 0 fully saturated rings. The Labute approximate surface area is 75.4 Å². The van der Waals surface area contributed by atoms with Crippen molar-refractivity contribution in [3.8, 4) is 0 Å². The van der Waals surface area contributed by atoms with Crippen LogP contribution in [0.5, 0.6) is 0 Å². The third-order valence-corrected chi connectivity index (χ3v) is 2.32. The van der Waals surface area contributed by atoms with Gasteiger partial charge >= 0.3 is 0 Å². The number of benzene rings is 1. The van der Waals surface area contributed by atoms with Gasteiger partial charge < -0.3 is 15.6 Å². The molecule has 66 valence electrons. The summed E-state index contributed by atoms with van der Waals surface area (Å²) in [5.41, 5.74) is 4.37. The number of hydrogen-bond acceptors (Lipinski definition) is 3. The molecule has 0 aliphatic carbocycles. The van der Waals surface area contributed by atoms with Gasteiger partial charge in [-0.05, 0) is 19.1 Å². The van der Waals surface area contributed by atoms with E-state index >= 15 is 0 Å². The minimum Gasteiger partial charge on any atom is -0.366 e. The molecule has 3 rings (SSSR count). The van der Waals surface area contributed by atoms with E-state index in [1.807, 2.05) is 13.0 Å². The Hall–Kier alpha value is -1.71. The molecule has 1 aromatic heterocycles. The van der Waals surface area contributed by atoms with Crippen molar-refractivity contribution in [2.45, 2.75) is 6.92 Å². The molecule has 0 saturated heterocycles. The minimum atomic E-state index is 0.792. The number of imidazole rings is 1. The molecule has 1 aliphatic rings. The van der Waals surface area contributed by atoms with E-state index in [1.165, 1.54) is 0 Å². The molecule has 0 spiro atoms. The maximum Gasteiger partial charge on any atom is 0.114 e. The maximum atomic E-state index is 4.43. The molecular weight excluding hydrogens is 164 g/mol. The summed E-state index contributed by atoms with van der Waals surface area (Å²) in [7, 11) is 0.